The standard InChI is InChI=1S/C14H16NO2.C7H8O3S/c1-15-10-4-3-5-12(15)11-17-14-8-6-13(16-2)7-9-14;1-6-2-4-7(5-3-6)11(8,9)10/h3-10H,11H2,1-2H3;2-5H,1H3,(H,8,9,10)/q+1;/p-1. The third-order valence-corrected chi connectivity index (χ3v) is 4.77. The summed E-state index contributed by atoms with van der Waals surface area (Å²) in [5.74, 6) is 1.68. The normalized spacial score (nSPS) is 10.6. The average molecular weight is 401 g/mol. The van der Waals surface area contributed by atoms with E-state index in [-0.39, 0.29) is 4.90 Å². The SMILES string of the molecule is COc1ccc(OCc2cccc[n+]2C)cc1.Cc1ccc(S(=O)(=O)[O-])cc1. The van der Waals surface area contributed by atoms with Crippen LogP contribution in [-0.4, -0.2) is 20.1 Å². The van der Waals surface area contributed by atoms with Gasteiger partial charge >= 0.3 is 0 Å². The van der Waals surface area contributed by atoms with E-state index in [4.69, 9.17) is 9.47 Å². The van der Waals surface area contributed by atoms with Gasteiger partial charge in [0.2, 0.25) is 5.69 Å². The molecular weight excluding hydrogens is 378 g/mol. The molecular formula is C21H23NO5S. The van der Waals surface area contributed by atoms with E-state index in [0.29, 0.717) is 6.61 Å². The van der Waals surface area contributed by atoms with E-state index in [1.54, 1.807) is 19.2 Å². The van der Waals surface area contributed by atoms with E-state index in [0.717, 1.165) is 22.8 Å². The summed E-state index contributed by atoms with van der Waals surface area (Å²) >= 11 is 0. The first kappa shape index (κ1) is 21.4. The van der Waals surface area contributed by atoms with E-state index in [1.807, 2.05) is 67.2 Å². The lowest BCUT2D eigenvalue weighted by molar-refractivity contribution is -0.680. The highest BCUT2D eigenvalue weighted by Crippen LogP contribution is 2.17. The maximum atomic E-state index is 10.4. The first-order valence-electron chi connectivity index (χ1n) is 8.52. The number of methoxy groups -OCH3 is 1. The molecule has 28 heavy (non-hydrogen) atoms. The molecule has 3 rings (SSSR count). The Kier molecular flexibility index (Phi) is 7.54. The molecule has 0 bridgehead atoms. The highest BCUT2D eigenvalue weighted by atomic mass is 32.2. The van der Waals surface area contributed by atoms with Crippen LogP contribution in [0.25, 0.3) is 0 Å². The summed E-state index contributed by atoms with van der Waals surface area (Å²) in [6, 6.07) is 19.4. The molecule has 2 aromatic carbocycles. The van der Waals surface area contributed by atoms with Crippen molar-refractivity contribution in [2.24, 2.45) is 7.05 Å². The smallest absolute Gasteiger partial charge is 0.219 e. The van der Waals surface area contributed by atoms with Crippen LogP contribution >= 0.6 is 0 Å². The summed E-state index contributed by atoms with van der Waals surface area (Å²) in [4.78, 5) is -0.178. The van der Waals surface area contributed by atoms with E-state index >= 15 is 0 Å². The van der Waals surface area contributed by atoms with Crippen molar-refractivity contribution in [3.8, 4) is 11.5 Å². The maximum absolute atomic E-state index is 10.4. The second-order valence-corrected chi connectivity index (χ2v) is 7.41. The number of ether oxygens (including phenoxy) is 2. The van der Waals surface area contributed by atoms with E-state index in [9.17, 15) is 13.0 Å². The molecule has 0 saturated carbocycles. The zero-order valence-corrected chi connectivity index (χ0v) is 16.8. The van der Waals surface area contributed by atoms with Gasteiger partial charge in [-0.15, -0.1) is 0 Å². The number of hydrogen-bond donors (Lipinski definition) is 0. The number of rotatable bonds is 5. The summed E-state index contributed by atoms with van der Waals surface area (Å²) in [7, 11) is -0.610. The summed E-state index contributed by atoms with van der Waals surface area (Å²) in [6.45, 7) is 2.38. The van der Waals surface area contributed by atoms with Gasteiger partial charge in [-0.3, -0.25) is 0 Å². The lowest BCUT2D eigenvalue weighted by Gasteiger charge is -2.05. The highest BCUT2D eigenvalue weighted by molar-refractivity contribution is 7.85. The van der Waals surface area contributed by atoms with Crippen molar-refractivity contribution < 1.29 is 27.0 Å². The molecule has 0 saturated heterocycles. The van der Waals surface area contributed by atoms with Crippen molar-refractivity contribution >= 4 is 10.1 Å². The minimum Gasteiger partial charge on any atom is -0.744 e. The molecule has 0 aliphatic heterocycles. The summed E-state index contributed by atoms with van der Waals surface area (Å²) < 4.78 is 44.0. The van der Waals surface area contributed by atoms with Crippen LogP contribution < -0.4 is 14.0 Å². The monoisotopic (exact) mass is 401 g/mol. The molecule has 0 aliphatic rings. The number of pyridine rings is 1. The average Bonchev–Trinajstić information content (AvgIpc) is 2.68. The van der Waals surface area contributed by atoms with Crippen molar-refractivity contribution in [3.63, 3.8) is 0 Å². The van der Waals surface area contributed by atoms with Gasteiger partial charge in [0.1, 0.15) is 28.7 Å². The molecule has 0 amide bonds. The van der Waals surface area contributed by atoms with Crippen LogP contribution in [-0.2, 0) is 23.8 Å². The van der Waals surface area contributed by atoms with Crippen molar-refractivity contribution in [1.29, 1.82) is 0 Å². The Hall–Kier alpha value is -2.90. The third-order valence-electron chi connectivity index (χ3n) is 3.92. The summed E-state index contributed by atoms with van der Waals surface area (Å²) in [5, 5.41) is 0. The molecule has 0 spiro atoms. The molecule has 0 aliphatic carbocycles. The predicted octanol–water partition coefficient (Wildman–Crippen LogP) is 3.00. The quantitative estimate of drug-likeness (QED) is 0.485. The Morgan fingerprint density at radius 1 is 0.929 bits per heavy atom. The third kappa shape index (κ3) is 6.68. The molecule has 0 radical (unpaired) electrons. The zero-order chi connectivity index (χ0) is 20.6. The number of aryl methyl sites for hydroxylation is 2. The van der Waals surface area contributed by atoms with E-state index in [1.165, 1.54) is 12.1 Å². The van der Waals surface area contributed by atoms with Gasteiger partial charge in [0, 0.05) is 12.1 Å². The fourth-order valence-corrected chi connectivity index (χ4v) is 2.71. The lowest BCUT2D eigenvalue weighted by Crippen LogP contribution is -2.33. The van der Waals surface area contributed by atoms with E-state index in [2.05, 4.69) is 0 Å². The summed E-state index contributed by atoms with van der Waals surface area (Å²) in [6.07, 6.45) is 2.01. The van der Waals surface area contributed by atoms with Crippen LogP contribution in [0, 0.1) is 6.92 Å². The summed E-state index contributed by atoms with van der Waals surface area (Å²) in [5.41, 5.74) is 2.06. The van der Waals surface area contributed by atoms with Crippen LogP contribution in [0.15, 0.2) is 77.8 Å². The highest BCUT2D eigenvalue weighted by Gasteiger charge is 2.05. The molecule has 1 heterocycles. The molecule has 3 aromatic rings. The van der Waals surface area contributed by atoms with Gasteiger partial charge in [-0.05, 0) is 49.4 Å². The topological polar surface area (TPSA) is 79.5 Å². The molecule has 1 aromatic heterocycles. The second kappa shape index (κ2) is 9.87. The second-order valence-electron chi connectivity index (χ2n) is 6.03. The molecule has 7 heteroatoms. The fourth-order valence-electron chi connectivity index (χ4n) is 2.24. The van der Waals surface area contributed by atoms with Crippen molar-refractivity contribution in [3.05, 3.63) is 84.2 Å². The Balaban J connectivity index is 0.000000221. The minimum absolute atomic E-state index is 0.178. The van der Waals surface area contributed by atoms with Crippen LogP contribution in [0.5, 0.6) is 11.5 Å². The predicted molar refractivity (Wildman–Crippen MR) is 104 cm³/mol. The Labute approximate surface area is 165 Å². The van der Waals surface area contributed by atoms with Crippen LogP contribution in [0.1, 0.15) is 11.3 Å². The van der Waals surface area contributed by atoms with Gasteiger partial charge in [0.15, 0.2) is 12.8 Å². The van der Waals surface area contributed by atoms with Gasteiger partial charge in [0.25, 0.3) is 0 Å². The first-order chi connectivity index (χ1) is 13.3. The molecule has 0 unspecified atom stereocenters. The molecule has 148 valence electrons. The molecule has 0 fully saturated rings. The lowest BCUT2D eigenvalue weighted by atomic mass is 10.2. The molecule has 0 N–H and O–H groups in total. The zero-order valence-electron chi connectivity index (χ0n) is 16.0. The van der Waals surface area contributed by atoms with Gasteiger partial charge in [0.05, 0.1) is 12.0 Å². The van der Waals surface area contributed by atoms with Crippen molar-refractivity contribution in [2.45, 2.75) is 18.4 Å². The van der Waals surface area contributed by atoms with Crippen LogP contribution in [0.4, 0.5) is 0 Å². The van der Waals surface area contributed by atoms with Gasteiger partial charge < -0.3 is 14.0 Å². The van der Waals surface area contributed by atoms with Gasteiger partial charge in [-0.2, -0.15) is 0 Å². The Morgan fingerprint density at radius 2 is 1.54 bits per heavy atom. The Bertz CT molecular complexity index is 984. The number of benzene rings is 2. The maximum Gasteiger partial charge on any atom is 0.219 e. The van der Waals surface area contributed by atoms with Crippen molar-refractivity contribution in [2.75, 3.05) is 7.11 Å². The van der Waals surface area contributed by atoms with Crippen LogP contribution in [0.2, 0.25) is 0 Å². The number of hydrogen-bond acceptors (Lipinski definition) is 5. The fraction of sp³-hybridized carbons (Fsp3) is 0.190. The van der Waals surface area contributed by atoms with Crippen molar-refractivity contribution in [1.82, 2.24) is 0 Å². The number of nitrogens with zero attached hydrogens (tertiary/aromatic N) is 1. The molecule has 0 atom stereocenters. The largest absolute Gasteiger partial charge is 0.744 e. The van der Waals surface area contributed by atoms with Gasteiger partial charge in [-0.25, -0.2) is 13.0 Å². The van der Waals surface area contributed by atoms with Gasteiger partial charge in [-0.1, -0.05) is 17.7 Å². The number of aromatic nitrogens is 1. The van der Waals surface area contributed by atoms with Crippen LogP contribution in [0.3, 0.4) is 0 Å². The molecule has 6 nitrogen and oxygen atoms in total. The Morgan fingerprint density at radius 3 is 2.07 bits per heavy atom. The minimum atomic E-state index is -4.27. The first-order valence-corrected chi connectivity index (χ1v) is 9.93. The van der Waals surface area contributed by atoms with E-state index < -0.39 is 10.1 Å².